The highest BCUT2D eigenvalue weighted by Gasteiger charge is 2.13. The lowest BCUT2D eigenvalue weighted by Gasteiger charge is -2.15. The van der Waals surface area contributed by atoms with Gasteiger partial charge in [0.05, 0.1) is 21.4 Å². The highest BCUT2D eigenvalue weighted by Crippen LogP contribution is 2.30. The molecule has 0 spiro atoms. The molecule has 0 bridgehead atoms. The third-order valence-electron chi connectivity index (χ3n) is 2.85. The zero-order chi connectivity index (χ0) is 13.8. The molecule has 1 heterocycles. The summed E-state index contributed by atoms with van der Waals surface area (Å²) in [4.78, 5) is 0. The third-order valence-corrected chi connectivity index (χ3v) is 4.99. The zero-order valence-corrected chi connectivity index (χ0v) is 14.3. The van der Waals surface area contributed by atoms with Crippen molar-refractivity contribution in [1.82, 2.24) is 5.43 Å². The Morgan fingerprint density at radius 1 is 1.37 bits per heavy atom. The van der Waals surface area contributed by atoms with Gasteiger partial charge in [-0.05, 0) is 73.0 Å². The van der Waals surface area contributed by atoms with Crippen molar-refractivity contribution >= 4 is 43.2 Å². The maximum Gasteiger partial charge on any atom is 0.133 e. The van der Waals surface area contributed by atoms with Crippen LogP contribution in [0.5, 0.6) is 5.75 Å². The maximum atomic E-state index is 5.66. The summed E-state index contributed by atoms with van der Waals surface area (Å²) in [5.41, 5.74) is 5.25. The normalized spacial score (nSPS) is 12.4. The van der Waals surface area contributed by atoms with Gasteiger partial charge in [0.25, 0.3) is 0 Å². The second kappa shape index (κ2) is 6.85. The quantitative estimate of drug-likeness (QED) is 0.583. The molecule has 0 saturated carbocycles. The van der Waals surface area contributed by atoms with Crippen LogP contribution >= 0.6 is 43.2 Å². The SMILES string of the molecule is COc1ccc(CC(NN)c2csc(Br)c2)cc1Br. The average Bonchev–Trinajstić information content (AvgIpc) is 2.82. The lowest BCUT2D eigenvalue weighted by Crippen LogP contribution is -2.29. The number of halogens is 2. The molecular weight excluding hydrogens is 392 g/mol. The predicted molar refractivity (Wildman–Crippen MR) is 86.5 cm³/mol. The van der Waals surface area contributed by atoms with E-state index in [0.717, 1.165) is 20.4 Å². The van der Waals surface area contributed by atoms with Crippen molar-refractivity contribution in [1.29, 1.82) is 0 Å². The molecule has 1 atom stereocenters. The Balaban J connectivity index is 2.16. The van der Waals surface area contributed by atoms with Gasteiger partial charge in [-0.3, -0.25) is 11.3 Å². The van der Waals surface area contributed by atoms with Crippen molar-refractivity contribution in [2.45, 2.75) is 12.5 Å². The number of hydrogen-bond donors (Lipinski definition) is 2. The molecule has 1 aromatic carbocycles. The van der Waals surface area contributed by atoms with E-state index in [4.69, 9.17) is 10.6 Å². The van der Waals surface area contributed by atoms with E-state index in [0.29, 0.717) is 0 Å². The van der Waals surface area contributed by atoms with Crippen LogP contribution in [0.2, 0.25) is 0 Å². The van der Waals surface area contributed by atoms with E-state index in [2.05, 4.69) is 60.9 Å². The van der Waals surface area contributed by atoms with Crippen LogP contribution in [-0.4, -0.2) is 7.11 Å². The van der Waals surface area contributed by atoms with E-state index in [1.54, 1.807) is 18.4 Å². The first-order valence-corrected chi connectivity index (χ1v) is 8.13. The molecule has 3 N–H and O–H groups in total. The van der Waals surface area contributed by atoms with E-state index in [1.807, 2.05) is 6.07 Å². The van der Waals surface area contributed by atoms with Crippen molar-refractivity contribution in [3.8, 4) is 5.75 Å². The van der Waals surface area contributed by atoms with Crippen molar-refractivity contribution in [2.75, 3.05) is 7.11 Å². The van der Waals surface area contributed by atoms with Crippen LogP contribution in [0, 0.1) is 0 Å². The van der Waals surface area contributed by atoms with Crippen molar-refractivity contribution in [2.24, 2.45) is 5.84 Å². The number of hydrazine groups is 1. The summed E-state index contributed by atoms with van der Waals surface area (Å²) in [7, 11) is 1.66. The minimum absolute atomic E-state index is 0.0999. The fourth-order valence-corrected chi connectivity index (χ4v) is 3.67. The Morgan fingerprint density at radius 3 is 2.68 bits per heavy atom. The summed E-state index contributed by atoms with van der Waals surface area (Å²) in [6, 6.07) is 8.26. The first-order valence-electron chi connectivity index (χ1n) is 5.66. The number of ether oxygens (including phenoxy) is 1. The van der Waals surface area contributed by atoms with Crippen molar-refractivity contribution in [3.05, 3.63) is 49.0 Å². The molecule has 0 saturated heterocycles. The summed E-state index contributed by atoms with van der Waals surface area (Å²) in [5.74, 6) is 6.49. The number of benzene rings is 1. The molecule has 2 rings (SSSR count). The van der Waals surface area contributed by atoms with Crippen LogP contribution in [-0.2, 0) is 6.42 Å². The molecule has 102 valence electrons. The fourth-order valence-electron chi connectivity index (χ4n) is 1.85. The van der Waals surface area contributed by atoms with Crippen LogP contribution in [0.1, 0.15) is 17.2 Å². The second-order valence-corrected chi connectivity index (χ2v) is 7.22. The van der Waals surface area contributed by atoms with E-state index in [9.17, 15) is 0 Å². The third kappa shape index (κ3) is 3.79. The number of thiophene rings is 1. The number of hydrogen-bond acceptors (Lipinski definition) is 4. The van der Waals surface area contributed by atoms with E-state index in [-0.39, 0.29) is 6.04 Å². The molecule has 0 aliphatic rings. The predicted octanol–water partition coefficient (Wildman–Crippen LogP) is 4.03. The highest BCUT2D eigenvalue weighted by atomic mass is 79.9. The van der Waals surface area contributed by atoms with Crippen molar-refractivity contribution in [3.63, 3.8) is 0 Å². The van der Waals surface area contributed by atoms with Gasteiger partial charge in [0.2, 0.25) is 0 Å². The van der Waals surface area contributed by atoms with E-state index < -0.39 is 0 Å². The maximum absolute atomic E-state index is 5.66. The van der Waals surface area contributed by atoms with Crippen molar-refractivity contribution < 1.29 is 4.74 Å². The minimum atomic E-state index is 0.0999. The monoisotopic (exact) mass is 404 g/mol. The smallest absolute Gasteiger partial charge is 0.133 e. The molecule has 0 radical (unpaired) electrons. The zero-order valence-electron chi connectivity index (χ0n) is 10.3. The van der Waals surface area contributed by atoms with Gasteiger partial charge in [-0.15, -0.1) is 11.3 Å². The van der Waals surface area contributed by atoms with Gasteiger partial charge in [-0.2, -0.15) is 0 Å². The van der Waals surface area contributed by atoms with Gasteiger partial charge in [0.15, 0.2) is 0 Å². The molecule has 3 nitrogen and oxygen atoms in total. The number of rotatable bonds is 5. The largest absolute Gasteiger partial charge is 0.496 e. The summed E-state index contributed by atoms with van der Waals surface area (Å²) >= 11 is 8.63. The van der Waals surface area contributed by atoms with Gasteiger partial charge >= 0.3 is 0 Å². The van der Waals surface area contributed by atoms with Crippen LogP contribution in [0.15, 0.2) is 37.9 Å². The molecule has 0 aliphatic carbocycles. The van der Waals surface area contributed by atoms with Gasteiger partial charge < -0.3 is 4.74 Å². The number of methoxy groups -OCH3 is 1. The van der Waals surface area contributed by atoms with E-state index in [1.165, 1.54) is 11.1 Å². The molecule has 1 aromatic heterocycles. The lowest BCUT2D eigenvalue weighted by atomic mass is 10.0. The second-order valence-electron chi connectivity index (χ2n) is 4.08. The number of nitrogens with two attached hydrogens (primary N) is 1. The van der Waals surface area contributed by atoms with Crippen LogP contribution in [0.4, 0.5) is 0 Å². The minimum Gasteiger partial charge on any atom is -0.496 e. The molecule has 0 aliphatic heterocycles. The topological polar surface area (TPSA) is 47.3 Å². The van der Waals surface area contributed by atoms with Gasteiger partial charge in [-0.25, -0.2) is 0 Å². The van der Waals surface area contributed by atoms with Gasteiger partial charge in [0.1, 0.15) is 5.75 Å². The Kier molecular flexibility index (Phi) is 5.41. The molecule has 1 unspecified atom stereocenters. The lowest BCUT2D eigenvalue weighted by molar-refractivity contribution is 0.412. The molecule has 19 heavy (non-hydrogen) atoms. The summed E-state index contributed by atoms with van der Waals surface area (Å²) in [6.45, 7) is 0. The Labute approximate surface area is 133 Å². The fraction of sp³-hybridized carbons (Fsp3) is 0.231. The first-order chi connectivity index (χ1) is 9.13. The molecular formula is C13H14Br2N2OS. The highest BCUT2D eigenvalue weighted by molar-refractivity contribution is 9.11. The molecule has 2 aromatic rings. The summed E-state index contributed by atoms with van der Waals surface area (Å²) in [6.07, 6.45) is 0.822. The molecule has 0 amide bonds. The summed E-state index contributed by atoms with van der Waals surface area (Å²) < 4.78 is 7.29. The van der Waals surface area contributed by atoms with Crippen LogP contribution in [0.25, 0.3) is 0 Å². The Morgan fingerprint density at radius 2 is 2.16 bits per heavy atom. The average molecular weight is 406 g/mol. The van der Waals surface area contributed by atoms with Crippen LogP contribution in [0.3, 0.4) is 0 Å². The Hall–Kier alpha value is -0.400. The van der Waals surface area contributed by atoms with Crippen LogP contribution < -0.4 is 16.0 Å². The van der Waals surface area contributed by atoms with Gasteiger partial charge in [0, 0.05) is 0 Å². The molecule has 6 heteroatoms. The summed E-state index contributed by atoms with van der Waals surface area (Å²) in [5, 5.41) is 2.10. The van der Waals surface area contributed by atoms with Gasteiger partial charge in [-0.1, -0.05) is 6.07 Å². The standard InChI is InChI=1S/C13H14Br2N2OS/c1-18-12-3-2-8(4-10(12)14)5-11(17-16)9-6-13(15)19-7-9/h2-4,6-7,11,17H,5,16H2,1H3. The van der Waals surface area contributed by atoms with E-state index >= 15 is 0 Å². The number of nitrogens with one attached hydrogen (secondary N) is 1. The molecule has 0 fully saturated rings. The Bertz CT molecular complexity index is 559. The first kappa shape index (κ1) is 15.0.